The summed E-state index contributed by atoms with van der Waals surface area (Å²) in [5.74, 6) is 0.0451. The van der Waals surface area contributed by atoms with Crippen LogP contribution in [0.15, 0.2) is 36.5 Å². The van der Waals surface area contributed by atoms with Crippen molar-refractivity contribution < 1.29 is 9.13 Å². The van der Waals surface area contributed by atoms with Gasteiger partial charge in [-0.25, -0.2) is 4.39 Å². The molecule has 1 aromatic carbocycles. The molecule has 0 aliphatic carbocycles. The van der Waals surface area contributed by atoms with Crippen LogP contribution in [0.1, 0.15) is 129 Å². The first-order chi connectivity index (χ1) is 17.2. The fourth-order valence-electron chi connectivity index (χ4n) is 4.58. The first-order valence-electron chi connectivity index (χ1n) is 14.6. The van der Waals surface area contributed by atoms with Crippen LogP contribution >= 0.6 is 0 Å². The Morgan fingerprint density at radius 2 is 1.23 bits per heavy atom. The van der Waals surface area contributed by atoms with Crippen LogP contribution in [0, 0.1) is 5.82 Å². The fourth-order valence-corrected chi connectivity index (χ4v) is 4.58. The third kappa shape index (κ3) is 13.1. The van der Waals surface area contributed by atoms with Gasteiger partial charge in [0, 0.05) is 11.8 Å². The van der Waals surface area contributed by atoms with Gasteiger partial charge in [0.15, 0.2) is 11.6 Å². The molecule has 0 spiro atoms. The van der Waals surface area contributed by atoms with E-state index in [0.717, 1.165) is 30.5 Å². The lowest BCUT2D eigenvalue weighted by molar-refractivity contribution is 0.290. The summed E-state index contributed by atoms with van der Waals surface area (Å²) in [7, 11) is 0. The van der Waals surface area contributed by atoms with Crippen molar-refractivity contribution in [3.63, 3.8) is 0 Å². The van der Waals surface area contributed by atoms with E-state index in [-0.39, 0.29) is 5.82 Å². The lowest BCUT2D eigenvalue weighted by Gasteiger charge is -2.09. The van der Waals surface area contributed by atoms with Gasteiger partial charge in [-0.15, -0.1) is 0 Å². The summed E-state index contributed by atoms with van der Waals surface area (Å²) < 4.78 is 20.3. The Balaban J connectivity index is 1.62. The predicted molar refractivity (Wildman–Crippen MR) is 149 cm³/mol. The Morgan fingerprint density at radius 3 is 1.77 bits per heavy atom. The normalized spacial score (nSPS) is 11.2. The fraction of sp³-hybridized carbons (Fsp3) is 0.656. The second-order valence-corrected chi connectivity index (χ2v) is 10.1. The van der Waals surface area contributed by atoms with Crippen molar-refractivity contribution in [2.24, 2.45) is 0 Å². The van der Waals surface area contributed by atoms with Gasteiger partial charge in [0.1, 0.15) is 0 Å². The predicted octanol–water partition coefficient (Wildman–Crippen LogP) is 10.5. The van der Waals surface area contributed by atoms with Gasteiger partial charge >= 0.3 is 0 Å². The molecule has 2 nitrogen and oxygen atoms in total. The maximum Gasteiger partial charge on any atom is 0.165 e. The molecule has 0 atom stereocenters. The summed E-state index contributed by atoms with van der Waals surface area (Å²) in [6, 6.07) is 9.35. The number of pyridine rings is 1. The van der Waals surface area contributed by atoms with Crippen LogP contribution in [0.2, 0.25) is 0 Å². The van der Waals surface area contributed by atoms with E-state index in [4.69, 9.17) is 4.74 Å². The molecular weight excluding hydrogens is 433 g/mol. The zero-order valence-corrected chi connectivity index (χ0v) is 22.6. The van der Waals surface area contributed by atoms with E-state index >= 15 is 0 Å². The quantitative estimate of drug-likeness (QED) is 0.165. The minimum atomic E-state index is -0.302. The number of rotatable bonds is 21. The van der Waals surface area contributed by atoms with E-state index in [2.05, 4.69) is 24.9 Å². The van der Waals surface area contributed by atoms with Crippen molar-refractivity contribution in [3.05, 3.63) is 47.9 Å². The van der Waals surface area contributed by atoms with Crippen LogP contribution < -0.4 is 4.74 Å². The molecule has 1 aromatic heterocycles. The standard InChI is InChI=1S/C32H50FNO/c1-3-5-7-9-11-12-13-15-17-19-25-35-32-24-22-29(26-30(32)33)31-23-21-28(27-34-31)20-18-16-14-10-8-6-4-2/h21-24,26-27H,3-20,25H2,1-2H3. The van der Waals surface area contributed by atoms with Gasteiger partial charge in [0.25, 0.3) is 0 Å². The summed E-state index contributed by atoms with van der Waals surface area (Å²) >= 11 is 0. The van der Waals surface area contributed by atoms with Crippen LogP contribution in [0.25, 0.3) is 11.3 Å². The van der Waals surface area contributed by atoms with Gasteiger partial charge in [0.05, 0.1) is 12.3 Å². The number of halogens is 1. The molecule has 3 heteroatoms. The number of ether oxygens (including phenoxy) is 1. The molecule has 0 aliphatic heterocycles. The number of nitrogens with zero attached hydrogens (tertiary/aromatic N) is 1. The average molecular weight is 484 g/mol. The van der Waals surface area contributed by atoms with Crippen LogP contribution in [0.5, 0.6) is 5.75 Å². The monoisotopic (exact) mass is 483 g/mol. The molecule has 35 heavy (non-hydrogen) atoms. The molecule has 0 radical (unpaired) electrons. The van der Waals surface area contributed by atoms with Gasteiger partial charge < -0.3 is 4.74 Å². The SMILES string of the molecule is CCCCCCCCCCCCOc1ccc(-c2ccc(CCCCCCCCC)cn2)cc1F. The van der Waals surface area contributed by atoms with Gasteiger partial charge in [0.2, 0.25) is 0 Å². The van der Waals surface area contributed by atoms with Crippen molar-refractivity contribution in [3.8, 4) is 17.0 Å². The minimum Gasteiger partial charge on any atom is -0.491 e. The van der Waals surface area contributed by atoms with Crippen LogP contribution in [-0.2, 0) is 6.42 Å². The smallest absolute Gasteiger partial charge is 0.165 e. The molecule has 0 bridgehead atoms. The highest BCUT2D eigenvalue weighted by Gasteiger charge is 2.08. The second kappa shape index (κ2) is 19.3. The van der Waals surface area contributed by atoms with E-state index in [9.17, 15) is 4.39 Å². The highest BCUT2D eigenvalue weighted by atomic mass is 19.1. The molecule has 0 amide bonds. The van der Waals surface area contributed by atoms with Crippen molar-refractivity contribution >= 4 is 0 Å². The van der Waals surface area contributed by atoms with E-state index < -0.39 is 0 Å². The Labute approximate surface area is 215 Å². The summed E-state index contributed by atoms with van der Waals surface area (Å²) in [6.45, 7) is 5.10. The molecule has 0 unspecified atom stereocenters. The largest absolute Gasteiger partial charge is 0.491 e. The molecule has 0 aliphatic rings. The molecule has 0 N–H and O–H groups in total. The Bertz CT molecular complexity index is 774. The lowest BCUT2D eigenvalue weighted by atomic mass is 10.0. The number of hydrogen-bond acceptors (Lipinski definition) is 2. The van der Waals surface area contributed by atoms with Crippen molar-refractivity contribution in [2.45, 2.75) is 129 Å². The van der Waals surface area contributed by atoms with E-state index in [1.54, 1.807) is 12.1 Å². The topological polar surface area (TPSA) is 22.1 Å². The molecular formula is C32H50FNO. The highest BCUT2D eigenvalue weighted by Crippen LogP contribution is 2.25. The summed E-state index contributed by atoms with van der Waals surface area (Å²) in [6.07, 6.45) is 25.1. The van der Waals surface area contributed by atoms with Crippen LogP contribution in [0.3, 0.4) is 0 Å². The highest BCUT2D eigenvalue weighted by molar-refractivity contribution is 5.60. The number of aromatic nitrogens is 1. The van der Waals surface area contributed by atoms with E-state index in [1.165, 1.54) is 102 Å². The first kappa shape index (κ1) is 29.3. The molecule has 2 aromatic rings. The van der Waals surface area contributed by atoms with Gasteiger partial charge in [-0.3, -0.25) is 4.98 Å². The molecule has 196 valence electrons. The van der Waals surface area contributed by atoms with Gasteiger partial charge in [-0.2, -0.15) is 0 Å². The zero-order valence-electron chi connectivity index (χ0n) is 22.6. The maximum atomic E-state index is 14.6. The Kier molecular flexibility index (Phi) is 16.2. The Morgan fingerprint density at radius 1 is 0.657 bits per heavy atom. The first-order valence-corrected chi connectivity index (χ1v) is 14.6. The second-order valence-electron chi connectivity index (χ2n) is 10.1. The molecule has 1 heterocycles. The van der Waals surface area contributed by atoms with Crippen LogP contribution in [0.4, 0.5) is 4.39 Å². The van der Waals surface area contributed by atoms with E-state index in [0.29, 0.717) is 12.4 Å². The summed E-state index contributed by atoms with van der Waals surface area (Å²) in [5.41, 5.74) is 2.88. The third-order valence-electron chi connectivity index (χ3n) is 6.88. The molecule has 0 saturated carbocycles. The number of hydrogen-bond donors (Lipinski definition) is 0. The number of benzene rings is 1. The zero-order chi connectivity index (χ0) is 25.0. The van der Waals surface area contributed by atoms with Crippen molar-refractivity contribution in [1.82, 2.24) is 4.98 Å². The summed E-state index contributed by atoms with van der Waals surface area (Å²) in [5, 5.41) is 0. The van der Waals surface area contributed by atoms with E-state index in [1.807, 2.05) is 18.3 Å². The van der Waals surface area contributed by atoms with Crippen molar-refractivity contribution in [2.75, 3.05) is 6.61 Å². The molecule has 0 fully saturated rings. The lowest BCUT2D eigenvalue weighted by Crippen LogP contribution is -1.99. The van der Waals surface area contributed by atoms with Gasteiger partial charge in [-0.05, 0) is 49.1 Å². The average Bonchev–Trinajstić information content (AvgIpc) is 2.88. The molecule has 0 saturated heterocycles. The Hall–Kier alpha value is -1.90. The minimum absolute atomic E-state index is 0.302. The number of aryl methyl sites for hydroxylation is 1. The van der Waals surface area contributed by atoms with Crippen molar-refractivity contribution in [1.29, 1.82) is 0 Å². The number of unbranched alkanes of at least 4 members (excludes halogenated alkanes) is 15. The third-order valence-corrected chi connectivity index (χ3v) is 6.88. The van der Waals surface area contributed by atoms with Gasteiger partial charge in [-0.1, -0.05) is 116 Å². The maximum absolute atomic E-state index is 14.6. The van der Waals surface area contributed by atoms with Crippen LogP contribution in [-0.4, -0.2) is 11.6 Å². The summed E-state index contributed by atoms with van der Waals surface area (Å²) in [4.78, 5) is 4.58. The molecule has 2 rings (SSSR count).